The van der Waals surface area contributed by atoms with E-state index in [9.17, 15) is 4.79 Å². The summed E-state index contributed by atoms with van der Waals surface area (Å²) in [6.07, 6.45) is 2.70. The van der Waals surface area contributed by atoms with Gasteiger partial charge in [0.25, 0.3) is 5.56 Å². The van der Waals surface area contributed by atoms with Crippen LogP contribution in [0.3, 0.4) is 0 Å². The molecule has 18 heavy (non-hydrogen) atoms. The Morgan fingerprint density at radius 3 is 2.72 bits per heavy atom. The maximum absolute atomic E-state index is 11.6. The number of aromatic nitrogens is 1. The monoisotopic (exact) mass is 251 g/mol. The highest BCUT2D eigenvalue weighted by Gasteiger charge is 2.05. The third-order valence-electron chi connectivity index (χ3n) is 2.95. The van der Waals surface area contributed by atoms with Crippen LogP contribution in [0.4, 0.5) is 5.69 Å². The Labute approximate surface area is 109 Å². The molecule has 0 atom stereocenters. The van der Waals surface area contributed by atoms with Gasteiger partial charge in [0.15, 0.2) is 0 Å². The molecule has 1 aromatic heterocycles. The number of nitrogens with zero attached hydrogens (tertiary/aromatic N) is 2. The SMILES string of the molecule is CCN(CCCn1cc(N)ccc1=O)CC(C)C. The third-order valence-corrected chi connectivity index (χ3v) is 2.95. The molecule has 4 nitrogen and oxygen atoms in total. The van der Waals surface area contributed by atoms with Crippen LogP contribution >= 0.6 is 0 Å². The lowest BCUT2D eigenvalue weighted by Gasteiger charge is -2.22. The van der Waals surface area contributed by atoms with Gasteiger partial charge in [-0.15, -0.1) is 0 Å². The molecule has 0 bridgehead atoms. The Morgan fingerprint density at radius 2 is 2.11 bits per heavy atom. The van der Waals surface area contributed by atoms with E-state index in [1.54, 1.807) is 16.8 Å². The van der Waals surface area contributed by atoms with Gasteiger partial charge >= 0.3 is 0 Å². The first kappa shape index (κ1) is 14.8. The number of nitrogens with two attached hydrogens (primary N) is 1. The van der Waals surface area contributed by atoms with Crippen LogP contribution in [0.25, 0.3) is 0 Å². The van der Waals surface area contributed by atoms with Gasteiger partial charge in [-0.25, -0.2) is 0 Å². The minimum Gasteiger partial charge on any atom is -0.398 e. The second kappa shape index (κ2) is 7.21. The zero-order valence-corrected chi connectivity index (χ0v) is 11.7. The van der Waals surface area contributed by atoms with Crippen LogP contribution in [0.15, 0.2) is 23.1 Å². The minimum absolute atomic E-state index is 0.0242. The predicted molar refractivity (Wildman–Crippen MR) is 76.7 cm³/mol. The van der Waals surface area contributed by atoms with Crippen LogP contribution in [-0.2, 0) is 6.54 Å². The second-order valence-electron chi connectivity index (χ2n) is 5.13. The Bertz CT molecular complexity index is 412. The molecular formula is C14H25N3O. The molecule has 0 spiro atoms. The number of aryl methyl sites for hydroxylation is 1. The van der Waals surface area contributed by atoms with Gasteiger partial charge in [-0.2, -0.15) is 0 Å². The van der Waals surface area contributed by atoms with E-state index in [0.717, 1.165) is 32.6 Å². The van der Waals surface area contributed by atoms with Crippen molar-refractivity contribution >= 4 is 5.69 Å². The summed E-state index contributed by atoms with van der Waals surface area (Å²) in [7, 11) is 0. The average molecular weight is 251 g/mol. The van der Waals surface area contributed by atoms with Gasteiger partial charge in [-0.1, -0.05) is 20.8 Å². The summed E-state index contributed by atoms with van der Waals surface area (Å²) < 4.78 is 1.69. The first-order valence-corrected chi connectivity index (χ1v) is 6.71. The first-order valence-electron chi connectivity index (χ1n) is 6.71. The number of hydrogen-bond donors (Lipinski definition) is 1. The van der Waals surface area contributed by atoms with Gasteiger partial charge in [0.2, 0.25) is 0 Å². The van der Waals surface area contributed by atoms with Crippen molar-refractivity contribution in [2.24, 2.45) is 5.92 Å². The number of pyridine rings is 1. The molecule has 2 N–H and O–H groups in total. The van der Waals surface area contributed by atoms with Gasteiger partial charge < -0.3 is 15.2 Å². The summed E-state index contributed by atoms with van der Waals surface area (Å²) in [5.41, 5.74) is 6.35. The van der Waals surface area contributed by atoms with Gasteiger partial charge in [0.05, 0.1) is 0 Å². The quantitative estimate of drug-likeness (QED) is 0.804. The molecule has 1 aromatic rings. The molecule has 0 unspecified atom stereocenters. The van der Waals surface area contributed by atoms with Crippen molar-refractivity contribution in [3.8, 4) is 0 Å². The standard InChI is InChI=1S/C14H25N3O/c1-4-16(10-12(2)3)8-5-9-17-11-13(15)6-7-14(17)18/h6-7,11-12H,4-5,8-10,15H2,1-3H3. The Hall–Kier alpha value is -1.29. The highest BCUT2D eigenvalue weighted by atomic mass is 16.1. The molecule has 102 valence electrons. The Balaban J connectivity index is 2.45. The predicted octanol–water partition coefficient (Wildman–Crippen LogP) is 1.80. The summed E-state index contributed by atoms with van der Waals surface area (Å²) in [4.78, 5) is 14.0. The maximum atomic E-state index is 11.6. The summed E-state index contributed by atoms with van der Waals surface area (Å²) >= 11 is 0. The van der Waals surface area contributed by atoms with Gasteiger partial charge in [-0.05, 0) is 31.5 Å². The molecule has 0 aliphatic heterocycles. The molecule has 0 amide bonds. The van der Waals surface area contributed by atoms with E-state index in [2.05, 4.69) is 25.7 Å². The largest absolute Gasteiger partial charge is 0.398 e. The third kappa shape index (κ3) is 4.92. The van der Waals surface area contributed by atoms with Gasteiger partial charge in [-0.3, -0.25) is 4.79 Å². The molecule has 0 fully saturated rings. The van der Waals surface area contributed by atoms with E-state index >= 15 is 0 Å². The van der Waals surface area contributed by atoms with Crippen molar-refractivity contribution in [3.05, 3.63) is 28.7 Å². The molecule has 1 rings (SSSR count). The topological polar surface area (TPSA) is 51.3 Å². The molecule has 0 aromatic carbocycles. The fraction of sp³-hybridized carbons (Fsp3) is 0.643. The molecule has 1 heterocycles. The van der Waals surface area contributed by atoms with Crippen molar-refractivity contribution in [1.29, 1.82) is 0 Å². The molecule has 4 heteroatoms. The van der Waals surface area contributed by atoms with Crippen LogP contribution in [-0.4, -0.2) is 29.1 Å². The Morgan fingerprint density at radius 1 is 1.39 bits per heavy atom. The van der Waals surface area contributed by atoms with E-state index < -0.39 is 0 Å². The average Bonchev–Trinajstić information content (AvgIpc) is 2.31. The summed E-state index contributed by atoms with van der Waals surface area (Å²) in [5, 5.41) is 0. The van der Waals surface area contributed by atoms with Gasteiger partial charge in [0.1, 0.15) is 0 Å². The molecule has 0 aliphatic rings. The zero-order valence-electron chi connectivity index (χ0n) is 11.7. The van der Waals surface area contributed by atoms with Crippen molar-refractivity contribution < 1.29 is 0 Å². The molecular weight excluding hydrogens is 226 g/mol. The van der Waals surface area contributed by atoms with E-state index in [1.165, 1.54) is 6.07 Å². The number of anilines is 1. The van der Waals surface area contributed by atoms with Crippen LogP contribution in [0.2, 0.25) is 0 Å². The minimum atomic E-state index is 0.0242. The lowest BCUT2D eigenvalue weighted by molar-refractivity contribution is 0.248. The normalized spacial score (nSPS) is 11.4. The summed E-state index contributed by atoms with van der Waals surface area (Å²) in [6, 6.07) is 3.18. The summed E-state index contributed by atoms with van der Waals surface area (Å²) in [5.74, 6) is 0.681. The molecule has 0 radical (unpaired) electrons. The zero-order chi connectivity index (χ0) is 13.5. The first-order chi connectivity index (χ1) is 8.52. The van der Waals surface area contributed by atoms with E-state index in [4.69, 9.17) is 5.73 Å². The van der Waals surface area contributed by atoms with E-state index in [-0.39, 0.29) is 5.56 Å². The van der Waals surface area contributed by atoms with Crippen molar-refractivity contribution in [2.45, 2.75) is 33.7 Å². The molecule has 0 saturated heterocycles. The summed E-state index contributed by atoms with van der Waals surface area (Å²) in [6.45, 7) is 10.6. The number of rotatable bonds is 7. The lowest BCUT2D eigenvalue weighted by Crippen LogP contribution is -2.30. The fourth-order valence-corrected chi connectivity index (χ4v) is 2.08. The van der Waals surface area contributed by atoms with Crippen molar-refractivity contribution in [3.63, 3.8) is 0 Å². The van der Waals surface area contributed by atoms with Gasteiger partial charge in [0, 0.05) is 31.0 Å². The molecule has 0 aliphatic carbocycles. The van der Waals surface area contributed by atoms with E-state index in [0.29, 0.717) is 11.6 Å². The number of hydrogen-bond acceptors (Lipinski definition) is 3. The maximum Gasteiger partial charge on any atom is 0.250 e. The van der Waals surface area contributed by atoms with Crippen LogP contribution in [0.1, 0.15) is 27.2 Å². The van der Waals surface area contributed by atoms with Crippen LogP contribution in [0.5, 0.6) is 0 Å². The highest BCUT2D eigenvalue weighted by molar-refractivity contribution is 5.33. The van der Waals surface area contributed by atoms with Crippen LogP contribution < -0.4 is 11.3 Å². The molecule has 0 saturated carbocycles. The Kier molecular flexibility index (Phi) is 5.92. The van der Waals surface area contributed by atoms with Crippen LogP contribution in [0, 0.1) is 5.92 Å². The highest BCUT2D eigenvalue weighted by Crippen LogP contribution is 2.01. The van der Waals surface area contributed by atoms with Crippen molar-refractivity contribution in [2.75, 3.05) is 25.4 Å². The number of nitrogen functional groups attached to an aromatic ring is 1. The lowest BCUT2D eigenvalue weighted by atomic mass is 10.2. The van der Waals surface area contributed by atoms with E-state index in [1.807, 2.05) is 0 Å². The smallest absolute Gasteiger partial charge is 0.250 e. The van der Waals surface area contributed by atoms with Crippen molar-refractivity contribution in [1.82, 2.24) is 9.47 Å². The second-order valence-corrected chi connectivity index (χ2v) is 5.13. The fourth-order valence-electron chi connectivity index (χ4n) is 2.08.